The smallest absolute Gasteiger partial charge is 0.0626 e. The molecule has 0 saturated heterocycles. The molecule has 15 aromatic rings. The van der Waals surface area contributed by atoms with Gasteiger partial charge in [-0.25, -0.2) is 0 Å². The van der Waals surface area contributed by atoms with Gasteiger partial charge in [-0.3, -0.25) is 0 Å². The zero-order chi connectivity index (χ0) is 43.7. The van der Waals surface area contributed by atoms with Crippen LogP contribution in [0.4, 0.5) is 0 Å². The van der Waals surface area contributed by atoms with Gasteiger partial charge >= 0.3 is 0 Å². The maximum Gasteiger partial charge on any atom is 0.0626 e. The van der Waals surface area contributed by atoms with Crippen LogP contribution in [0.1, 0.15) is 0 Å². The molecule has 15 rings (SSSR count). The first kappa shape index (κ1) is 36.5. The molecular formula is C66H39N. The van der Waals surface area contributed by atoms with E-state index in [1.165, 1.54) is 142 Å². The third kappa shape index (κ3) is 5.25. The van der Waals surface area contributed by atoms with Gasteiger partial charge in [-0.15, -0.1) is 0 Å². The summed E-state index contributed by atoms with van der Waals surface area (Å²) in [6, 6.07) is 88.4. The molecular weight excluding hydrogens is 807 g/mol. The van der Waals surface area contributed by atoms with Crippen molar-refractivity contribution in [1.82, 2.24) is 4.57 Å². The Hall–Kier alpha value is -8.78. The number of fused-ring (bicyclic) bond motifs is 6. The highest BCUT2D eigenvalue weighted by Crippen LogP contribution is 2.50. The fourth-order valence-corrected chi connectivity index (χ4v) is 11.9. The zero-order valence-corrected chi connectivity index (χ0v) is 36.5. The molecule has 1 aromatic heterocycles. The van der Waals surface area contributed by atoms with Crippen molar-refractivity contribution in [2.45, 2.75) is 0 Å². The first-order chi connectivity index (χ1) is 33.2. The van der Waals surface area contributed by atoms with Crippen molar-refractivity contribution in [3.8, 4) is 50.2 Å². The summed E-state index contributed by atoms with van der Waals surface area (Å²) in [5.41, 5.74) is 13.4. The van der Waals surface area contributed by atoms with E-state index in [0.717, 1.165) is 5.69 Å². The van der Waals surface area contributed by atoms with Crippen LogP contribution >= 0.6 is 0 Å². The molecule has 0 spiro atoms. The first-order valence-corrected chi connectivity index (χ1v) is 23.3. The average Bonchev–Trinajstić information content (AvgIpc) is 3.75. The summed E-state index contributed by atoms with van der Waals surface area (Å²) in [6.07, 6.45) is 0. The Kier molecular flexibility index (Phi) is 7.56. The number of hydrogen-bond donors (Lipinski definition) is 0. The summed E-state index contributed by atoms with van der Waals surface area (Å²) in [5, 5.41) is 20.6. The molecule has 14 aromatic carbocycles. The first-order valence-electron chi connectivity index (χ1n) is 23.3. The molecule has 0 aliphatic rings. The minimum atomic E-state index is 1.15. The van der Waals surface area contributed by atoms with Gasteiger partial charge in [0.1, 0.15) is 0 Å². The maximum atomic E-state index is 2.55. The van der Waals surface area contributed by atoms with Crippen molar-refractivity contribution < 1.29 is 0 Å². The fraction of sp³-hybridized carbons (Fsp3) is 0. The Morgan fingerprint density at radius 3 is 1.52 bits per heavy atom. The number of para-hydroxylation sites is 1. The molecule has 1 heteroatoms. The number of hydrogen-bond acceptors (Lipinski definition) is 0. The minimum Gasteiger partial charge on any atom is -0.309 e. The number of aromatic nitrogens is 1. The molecule has 308 valence electrons. The monoisotopic (exact) mass is 845 g/mol. The van der Waals surface area contributed by atoms with E-state index in [4.69, 9.17) is 0 Å². The molecule has 0 aliphatic heterocycles. The minimum absolute atomic E-state index is 1.15. The third-order valence-electron chi connectivity index (χ3n) is 14.8. The summed E-state index contributed by atoms with van der Waals surface area (Å²) >= 11 is 0. The summed E-state index contributed by atoms with van der Waals surface area (Å²) < 4.78 is 2.55. The Bertz CT molecular complexity index is 4420. The van der Waals surface area contributed by atoms with Gasteiger partial charge in [0.25, 0.3) is 0 Å². The number of nitrogens with zero attached hydrogens (tertiary/aromatic N) is 1. The molecule has 0 bridgehead atoms. The van der Waals surface area contributed by atoms with Crippen LogP contribution in [0, 0.1) is 0 Å². The van der Waals surface area contributed by atoms with E-state index in [1.54, 1.807) is 0 Å². The lowest BCUT2D eigenvalue weighted by atomic mass is 9.84. The summed E-state index contributed by atoms with van der Waals surface area (Å²) in [6.45, 7) is 0. The van der Waals surface area contributed by atoms with Crippen LogP contribution in [-0.4, -0.2) is 4.57 Å². The van der Waals surface area contributed by atoms with Gasteiger partial charge in [-0.1, -0.05) is 200 Å². The number of rotatable bonds is 5. The molecule has 0 saturated carbocycles. The average molecular weight is 846 g/mol. The van der Waals surface area contributed by atoms with Gasteiger partial charge in [0.15, 0.2) is 0 Å². The van der Waals surface area contributed by atoms with Gasteiger partial charge in [0.2, 0.25) is 0 Å². The summed E-state index contributed by atoms with van der Waals surface area (Å²) in [4.78, 5) is 0. The predicted octanol–water partition coefficient (Wildman–Crippen LogP) is 18.4. The topological polar surface area (TPSA) is 4.93 Å². The lowest BCUT2D eigenvalue weighted by Crippen LogP contribution is -1.97. The van der Waals surface area contributed by atoms with Crippen molar-refractivity contribution in [2.75, 3.05) is 0 Å². The van der Waals surface area contributed by atoms with Crippen LogP contribution < -0.4 is 0 Å². The molecule has 0 atom stereocenters. The summed E-state index contributed by atoms with van der Waals surface area (Å²) in [5.74, 6) is 0. The van der Waals surface area contributed by atoms with Crippen molar-refractivity contribution >= 4 is 97.2 Å². The van der Waals surface area contributed by atoms with Crippen LogP contribution in [0.5, 0.6) is 0 Å². The highest BCUT2D eigenvalue weighted by molar-refractivity contribution is 6.40. The van der Waals surface area contributed by atoms with E-state index in [0.29, 0.717) is 0 Å². The second-order valence-corrected chi connectivity index (χ2v) is 18.3. The Morgan fingerprint density at radius 1 is 0.224 bits per heavy atom. The predicted molar refractivity (Wildman–Crippen MR) is 287 cm³/mol. The molecule has 1 heterocycles. The van der Waals surface area contributed by atoms with Crippen molar-refractivity contribution in [2.24, 2.45) is 0 Å². The van der Waals surface area contributed by atoms with Crippen molar-refractivity contribution in [1.29, 1.82) is 0 Å². The Balaban J connectivity index is 1.02. The lowest BCUT2D eigenvalue weighted by molar-refractivity contribution is 1.19. The van der Waals surface area contributed by atoms with Gasteiger partial charge in [-0.2, -0.15) is 0 Å². The molecule has 0 unspecified atom stereocenters. The molecule has 0 amide bonds. The largest absolute Gasteiger partial charge is 0.309 e. The third-order valence-corrected chi connectivity index (χ3v) is 14.8. The molecule has 0 radical (unpaired) electrons. The van der Waals surface area contributed by atoms with Crippen LogP contribution in [0.15, 0.2) is 237 Å². The van der Waals surface area contributed by atoms with Crippen LogP contribution in [0.2, 0.25) is 0 Å². The van der Waals surface area contributed by atoms with Crippen LogP contribution in [0.3, 0.4) is 0 Å². The maximum absolute atomic E-state index is 2.55. The van der Waals surface area contributed by atoms with Crippen molar-refractivity contribution in [3.63, 3.8) is 0 Å². The van der Waals surface area contributed by atoms with Gasteiger partial charge in [-0.05, 0) is 146 Å². The standard InChI is InChI=1S/C66H39N/c1-3-13-40(14-4-1)48-36-49(41-15-5-2-6-16-41)38-50(37-48)67-60-24-10-9-20-56(60)65-57-22-11-19-47-39-59(53-21-12-23-58(66(65)67)64(53)63(47)57)52-32-28-44-29-33-54-51(31-27-43-30-34-55(52)62(44)61(43)54)46-26-25-42-17-7-8-18-45(42)35-46/h1-39H. The van der Waals surface area contributed by atoms with E-state index in [-0.39, 0.29) is 0 Å². The van der Waals surface area contributed by atoms with Gasteiger partial charge < -0.3 is 4.57 Å². The number of benzene rings is 14. The molecule has 1 nitrogen and oxygen atoms in total. The highest BCUT2D eigenvalue weighted by Gasteiger charge is 2.24. The van der Waals surface area contributed by atoms with E-state index >= 15 is 0 Å². The molecule has 0 N–H and O–H groups in total. The SMILES string of the molecule is c1ccc(-c2cc(-c3ccccc3)cc(-n3c4ccccc4c4c5cccc6cc(-c7ccc8ccc9c(-c%10ccc%11ccccc%11c%10)ccc%10ccc7c8c%109)c7cccc(c7c65)c43)c2)cc1. The molecule has 0 fully saturated rings. The Labute approximate surface area is 386 Å². The quantitative estimate of drug-likeness (QED) is 0.152. The lowest BCUT2D eigenvalue weighted by Gasteiger charge is -2.20. The van der Waals surface area contributed by atoms with Crippen LogP contribution in [0.25, 0.3) is 147 Å². The second-order valence-electron chi connectivity index (χ2n) is 18.3. The van der Waals surface area contributed by atoms with E-state index < -0.39 is 0 Å². The van der Waals surface area contributed by atoms with E-state index in [1.807, 2.05) is 0 Å². The van der Waals surface area contributed by atoms with E-state index in [9.17, 15) is 0 Å². The van der Waals surface area contributed by atoms with Crippen molar-refractivity contribution in [3.05, 3.63) is 237 Å². The normalized spacial score (nSPS) is 12.2. The zero-order valence-electron chi connectivity index (χ0n) is 36.5. The molecule has 67 heavy (non-hydrogen) atoms. The Morgan fingerprint density at radius 2 is 0.761 bits per heavy atom. The highest BCUT2D eigenvalue weighted by atomic mass is 15.0. The fourth-order valence-electron chi connectivity index (χ4n) is 11.9. The van der Waals surface area contributed by atoms with Gasteiger partial charge in [0, 0.05) is 27.2 Å². The van der Waals surface area contributed by atoms with Crippen LogP contribution in [-0.2, 0) is 0 Å². The van der Waals surface area contributed by atoms with Gasteiger partial charge in [0.05, 0.1) is 11.0 Å². The second kappa shape index (κ2) is 13.9. The van der Waals surface area contributed by atoms with E-state index in [2.05, 4.69) is 241 Å². The summed E-state index contributed by atoms with van der Waals surface area (Å²) in [7, 11) is 0. The molecule has 0 aliphatic carbocycles.